The number of hydrogen-bond donors (Lipinski definition) is 2. The molecule has 4 nitrogen and oxygen atoms in total. The van der Waals surface area contributed by atoms with Crippen LogP contribution in [0.15, 0.2) is 36.4 Å². The van der Waals surface area contributed by atoms with Gasteiger partial charge in [-0.05, 0) is 48.9 Å². The number of amides is 1. The highest BCUT2D eigenvalue weighted by molar-refractivity contribution is 6.31. The standard InChI is InChI=1S/C15H11ClFNO3/c1-8-6-9(2-4-12(8)16)14(19)18-13-5-3-10(17)7-11(13)15(20)21/h2-7H,1H3,(H,18,19)(H,20,21). The lowest BCUT2D eigenvalue weighted by molar-refractivity contribution is 0.0697. The van der Waals surface area contributed by atoms with Gasteiger partial charge in [-0.3, -0.25) is 4.79 Å². The van der Waals surface area contributed by atoms with Gasteiger partial charge in [0.2, 0.25) is 0 Å². The van der Waals surface area contributed by atoms with Gasteiger partial charge in [0.1, 0.15) is 5.82 Å². The maximum Gasteiger partial charge on any atom is 0.337 e. The number of halogens is 2. The minimum Gasteiger partial charge on any atom is -0.478 e. The van der Waals surface area contributed by atoms with E-state index in [-0.39, 0.29) is 11.3 Å². The summed E-state index contributed by atoms with van der Waals surface area (Å²) in [6, 6.07) is 7.82. The van der Waals surface area contributed by atoms with Gasteiger partial charge in [0.05, 0.1) is 11.3 Å². The fourth-order valence-electron chi connectivity index (χ4n) is 1.78. The maximum atomic E-state index is 13.1. The fraction of sp³-hybridized carbons (Fsp3) is 0.0667. The predicted octanol–water partition coefficient (Wildman–Crippen LogP) is 3.74. The number of carboxylic acid groups (broad SMARTS) is 1. The molecule has 0 aliphatic rings. The van der Waals surface area contributed by atoms with Crippen molar-refractivity contribution >= 4 is 29.2 Å². The Morgan fingerprint density at radius 1 is 1.19 bits per heavy atom. The van der Waals surface area contributed by atoms with Gasteiger partial charge in [0.25, 0.3) is 5.91 Å². The summed E-state index contributed by atoms with van der Waals surface area (Å²) >= 11 is 5.88. The highest BCUT2D eigenvalue weighted by Gasteiger charge is 2.15. The molecular weight excluding hydrogens is 297 g/mol. The molecule has 0 unspecified atom stereocenters. The van der Waals surface area contributed by atoms with Crippen LogP contribution in [0.25, 0.3) is 0 Å². The number of nitrogens with one attached hydrogen (secondary N) is 1. The first-order chi connectivity index (χ1) is 9.88. The molecule has 1 amide bonds. The SMILES string of the molecule is Cc1cc(C(=O)Nc2ccc(F)cc2C(=O)O)ccc1Cl. The Balaban J connectivity index is 2.31. The summed E-state index contributed by atoms with van der Waals surface area (Å²) in [7, 11) is 0. The third-order valence-electron chi connectivity index (χ3n) is 2.88. The van der Waals surface area contributed by atoms with Crippen molar-refractivity contribution in [2.24, 2.45) is 0 Å². The second-order valence-corrected chi connectivity index (χ2v) is 4.82. The fourth-order valence-corrected chi connectivity index (χ4v) is 1.90. The molecule has 2 rings (SSSR count). The summed E-state index contributed by atoms with van der Waals surface area (Å²) in [5.74, 6) is -2.51. The molecule has 0 aromatic heterocycles. The number of aryl methyl sites for hydroxylation is 1. The first kappa shape index (κ1) is 15.0. The van der Waals surface area contributed by atoms with Crippen molar-refractivity contribution in [3.05, 3.63) is 63.9 Å². The van der Waals surface area contributed by atoms with E-state index in [4.69, 9.17) is 16.7 Å². The molecule has 2 N–H and O–H groups in total. The molecule has 0 saturated heterocycles. The number of carboxylic acids is 1. The zero-order chi connectivity index (χ0) is 15.6. The summed E-state index contributed by atoms with van der Waals surface area (Å²) < 4.78 is 13.1. The van der Waals surface area contributed by atoms with Crippen LogP contribution in [0.2, 0.25) is 5.02 Å². The van der Waals surface area contributed by atoms with Crippen LogP contribution >= 0.6 is 11.6 Å². The minimum atomic E-state index is -1.32. The Morgan fingerprint density at radius 2 is 1.90 bits per heavy atom. The van der Waals surface area contributed by atoms with E-state index in [9.17, 15) is 14.0 Å². The Bertz CT molecular complexity index is 731. The van der Waals surface area contributed by atoms with Gasteiger partial charge in [-0.15, -0.1) is 0 Å². The lowest BCUT2D eigenvalue weighted by Gasteiger charge is -2.09. The first-order valence-electron chi connectivity index (χ1n) is 5.99. The molecule has 0 fully saturated rings. The number of anilines is 1. The normalized spacial score (nSPS) is 10.2. The monoisotopic (exact) mass is 307 g/mol. The van der Waals surface area contributed by atoms with Crippen molar-refractivity contribution in [3.63, 3.8) is 0 Å². The molecule has 108 valence electrons. The highest BCUT2D eigenvalue weighted by atomic mass is 35.5. The van der Waals surface area contributed by atoms with Crippen LogP contribution in [0.1, 0.15) is 26.3 Å². The van der Waals surface area contributed by atoms with Gasteiger partial charge in [0.15, 0.2) is 0 Å². The van der Waals surface area contributed by atoms with Crippen molar-refractivity contribution in [3.8, 4) is 0 Å². The van der Waals surface area contributed by atoms with E-state index in [1.165, 1.54) is 12.1 Å². The summed E-state index contributed by atoms with van der Waals surface area (Å²) in [6.07, 6.45) is 0. The van der Waals surface area contributed by atoms with Crippen molar-refractivity contribution in [1.82, 2.24) is 0 Å². The average Bonchev–Trinajstić information content (AvgIpc) is 2.43. The Hall–Kier alpha value is -2.40. The number of benzene rings is 2. The highest BCUT2D eigenvalue weighted by Crippen LogP contribution is 2.20. The Kier molecular flexibility index (Phi) is 4.23. The number of hydrogen-bond acceptors (Lipinski definition) is 2. The number of carbonyl (C=O) groups excluding carboxylic acids is 1. The van der Waals surface area contributed by atoms with E-state index in [2.05, 4.69) is 5.32 Å². The lowest BCUT2D eigenvalue weighted by Crippen LogP contribution is -2.15. The van der Waals surface area contributed by atoms with Crippen LogP contribution < -0.4 is 5.32 Å². The van der Waals surface area contributed by atoms with E-state index in [0.29, 0.717) is 10.6 Å². The van der Waals surface area contributed by atoms with Crippen molar-refractivity contribution in [2.45, 2.75) is 6.92 Å². The summed E-state index contributed by atoms with van der Waals surface area (Å²) in [5, 5.41) is 12.0. The minimum absolute atomic E-state index is 0.0292. The molecule has 0 atom stereocenters. The third kappa shape index (κ3) is 3.38. The molecule has 0 spiro atoms. The largest absolute Gasteiger partial charge is 0.478 e. The molecule has 0 aliphatic heterocycles. The van der Waals surface area contributed by atoms with Crippen molar-refractivity contribution in [1.29, 1.82) is 0 Å². The van der Waals surface area contributed by atoms with Gasteiger partial charge in [0, 0.05) is 10.6 Å². The van der Waals surface area contributed by atoms with E-state index in [1.807, 2.05) is 0 Å². The van der Waals surface area contributed by atoms with Crippen LogP contribution in [-0.4, -0.2) is 17.0 Å². The molecule has 6 heteroatoms. The second-order valence-electron chi connectivity index (χ2n) is 4.41. The topological polar surface area (TPSA) is 66.4 Å². The van der Waals surface area contributed by atoms with Gasteiger partial charge >= 0.3 is 5.97 Å². The van der Waals surface area contributed by atoms with Crippen LogP contribution in [0.5, 0.6) is 0 Å². The van der Waals surface area contributed by atoms with Crippen LogP contribution in [0, 0.1) is 12.7 Å². The van der Waals surface area contributed by atoms with E-state index >= 15 is 0 Å². The van der Waals surface area contributed by atoms with Crippen LogP contribution in [0.3, 0.4) is 0 Å². The maximum absolute atomic E-state index is 13.1. The van der Waals surface area contributed by atoms with Gasteiger partial charge in [-0.2, -0.15) is 0 Å². The summed E-state index contributed by atoms with van der Waals surface area (Å²) in [6.45, 7) is 1.75. The molecule has 0 aliphatic carbocycles. The van der Waals surface area contributed by atoms with Gasteiger partial charge < -0.3 is 10.4 Å². The van der Waals surface area contributed by atoms with Gasteiger partial charge in [-0.25, -0.2) is 9.18 Å². The average molecular weight is 308 g/mol. The molecule has 2 aromatic rings. The lowest BCUT2D eigenvalue weighted by atomic mass is 10.1. The van der Waals surface area contributed by atoms with Crippen LogP contribution in [-0.2, 0) is 0 Å². The molecule has 0 bridgehead atoms. The van der Waals surface area contributed by atoms with E-state index in [0.717, 1.165) is 17.7 Å². The molecular formula is C15H11ClFNO3. The molecule has 0 radical (unpaired) electrons. The molecule has 0 saturated carbocycles. The predicted molar refractivity (Wildman–Crippen MR) is 77.5 cm³/mol. The number of aromatic carboxylic acids is 1. The zero-order valence-electron chi connectivity index (χ0n) is 11.0. The zero-order valence-corrected chi connectivity index (χ0v) is 11.7. The number of carbonyl (C=O) groups is 2. The van der Waals surface area contributed by atoms with Crippen molar-refractivity contribution in [2.75, 3.05) is 5.32 Å². The quantitative estimate of drug-likeness (QED) is 0.907. The van der Waals surface area contributed by atoms with Gasteiger partial charge in [-0.1, -0.05) is 11.6 Å². The van der Waals surface area contributed by atoms with E-state index < -0.39 is 17.7 Å². The second kappa shape index (κ2) is 5.93. The first-order valence-corrected chi connectivity index (χ1v) is 6.36. The Labute approximate surface area is 125 Å². The van der Waals surface area contributed by atoms with Crippen LogP contribution in [0.4, 0.5) is 10.1 Å². The Morgan fingerprint density at radius 3 is 2.52 bits per heavy atom. The van der Waals surface area contributed by atoms with E-state index in [1.54, 1.807) is 19.1 Å². The smallest absolute Gasteiger partial charge is 0.337 e. The molecule has 0 heterocycles. The third-order valence-corrected chi connectivity index (χ3v) is 3.30. The molecule has 2 aromatic carbocycles. The van der Waals surface area contributed by atoms with Crippen molar-refractivity contribution < 1.29 is 19.1 Å². The summed E-state index contributed by atoms with van der Waals surface area (Å²) in [5.41, 5.74) is 0.773. The molecule has 21 heavy (non-hydrogen) atoms. The summed E-state index contributed by atoms with van der Waals surface area (Å²) in [4.78, 5) is 23.2. The number of rotatable bonds is 3.